The Morgan fingerprint density at radius 3 is 3.00 bits per heavy atom. The lowest BCUT2D eigenvalue weighted by Gasteiger charge is -2.19. The average molecular weight is 303 g/mol. The van der Waals surface area contributed by atoms with Gasteiger partial charge < -0.3 is 14.8 Å². The van der Waals surface area contributed by atoms with Crippen LogP contribution in [0.4, 0.5) is 0 Å². The van der Waals surface area contributed by atoms with Crippen molar-refractivity contribution in [3.63, 3.8) is 0 Å². The molecule has 22 heavy (non-hydrogen) atoms. The van der Waals surface area contributed by atoms with Gasteiger partial charge in [-0.2, -0.15) is 0 Å². The highest BCUT2D eigenvalue weighted by Crippen LogP contribution is 2.26. The smallest absolute Gasteiger partial charge is 0.261 e. The maximum absolute atomic E-state index is 12.3. The van der Waals surface area contributed by atoms with Crippen LogP contribution in [0.25, 0.3) is 0 Å². The molecule has 4 heteroatoms. The highest BCUT2D eigenvalue weighted by Gasteiger charge is 2.22. The van der Waals surface area contributed by atoms with E-state index in [0.717, 1.165) is 38.0 Å². The van der Waals surface area contributed by atoms with Crippen LogP contribution in [0.15, 0.2) is 18.2 Å². The van der Waals surface area contributed by atoms with Gasteiger partial charge in [-0.05, 0) is 61.8 Å². The second kappa shape index (κ2) is 7.14. The summed E-state index contributed by atoms with van der Waals surface area (Å²) in [5, 5.41) is 2.96. The van der Waals surface area contributed by atoms with Gasteiger partial charge in [0.2, 0.25) is 0 Å². The predicted octanol–water partition coefficient (Wildman–Crippen LogP) is 2.63. The summed E-state index contributed by atoms with van der Waals surface area (Å²) in [4.78, 5) is 12.3. The molecule has 0 spiro atoms. The summed E-state index contributed by atoms with van der Waals surface area (Å²) in [6.45, 7) is 3.37. The van der Waals surface area contributed by atoms with Gasteiger partial charge in [0.15, 0.2) is 6.10 Å². The minimum absolute atomic E-state index is 0.0431. The second-order valence-electron chi connectivity index (χ2n) is 6.18. The van der Waals surface area contributed by atoms with E-state index in [4.69, 9.17) is 9.47 Å². The Labute approximate surface area is 132 Å². The molecule has 0 saturated carbocycles. The Balaban J connectivity index is 1.55. The van der Waals surface area contributed by atoms with Crippen LogP contribution in [0, 0.1) is 0 Å². The number of rotatable bonds is 6. The van der Waals surface area contributed by atoms with E-state index in [1.54, 1.807) is 0 Å². The monoisotopic (exact) mass is 303 g/mol. The van der Waals surface area contributed by atoms with Crippen LogP contribution < -0.4 is 10.1 Å². The van der Waals surface area contributed by atoms with E-state index in [2.05, 4.69) is 17.4 Å². The quantitative estimate of drug-likeness (QED) is 0.879. The van der Waals surface area contributed by atoms with Gasteiger partial charge in [0.25, 0.3) is 5.91 Å². The molecule has 1 aromatic rings. The number of ether oxygens (including phenoxy) is 2. The SMILES string of the molecule is CC[C@H](Oc1ccc2c(c1)CCC2)C(=O)NC[C@@H]1CCCO1. The summed E-state index contributed by atoms with van der Waals surface area (Å²) in [5.41, 5.74) is 2.79. The topological polar surface area (TPSA) is 47.6 Å². The molecule has 1 aliphatic heterocycles. The lowest BCUT2D eigenvalue weighted by atomic mass is 10.1. The molecule has 1 fully saturated rings. The van der Waals surface area contributed by atoms with Crippen molar-refractivity contribution < 1.29 is 14.3 Å². The zero-order valence-corrected chi connectivity index (χ0v) is 13.3. The Morgan fingerprint density at radius 1 is 1.36 bits per heavy atom. The summed E-state index contributed by atoms with van der Waals surface area (Å²) in [6.07, 6.45) is 6.02. The molecule has 2 atom stereocenters. The van der Waals surface area contributed by atoms with Gasteiger partial charge in [-0.1, -0.05) is 13.0 Å². The summed E-state index contributed by atoms with van der Waals surface area (Å²) in [7, 11) is 0. The van der Waals surface area contributed by atoms with Gasteiger partial charge in [-0.15, -0.1) is 0 Å². The normalized spacial score (nSPS) is 21.4. The van der Waals surface area contributed by atoms with Crippen molar-refractivity contribution in [2.45, 2.75) is 57.7 Å². The van der Waals surface area contributed by atoms with Gasteiger partial charge in [0, 0.05) is 13.2 Å². The first-order chi connectivity index (χ1) is 10.8. The van der Waals surface area contributed by atoms with E-state index < -0.39 is 6.10 Å². The van der Waals surface area contributed by atoms with Crippen molar-refractivity contribution in [3.8, 4) is 5.75 Å². The zero-order valence-electron chi connectivity index (χ0n) is 13.3. The number of benzene rings is 1. The zero-order chi connectivity index (χ0) is 15.4. The molecule has 3 rings (SSSR count). The van der Waals surface area contributed by atoms with Crippen LogP contribution in [0.1, 0.15) is 43.7 Å². The van der Waals surface area contributed by atoms with Crippen molar-refractivity contribution >= 4 is 5.91 Å². The molecule has 0 bridgehead atoms. The number of fused-ring (bicyclic) bond motifs is 1. The molecule has 1 aromatic carbocycles. The minimum atomic E-state index is -0.430. The van der Waals surface area contributed by atoms with E-state index in [0.29, 0.717) is 13.0 Å². The second-order valence-corrected chi connectivity index (χ2v) is 6.18. The number of aryl methyl sites for hydroxylation is 2. The van der Waals surface area contributed by atoms with Crippen molar-refractivity contribution in [2.24, 2.45) is 0 Å². The molecule has 1 aliphatic carbocycles. The van der Waals surface area contributed by atoms with Crippen LogP contribution in [0.5, 0.6) is 5.75 Å². The Hall–Kier alpha value is -1.55. The highest BCUT2D eigenvalue weighted by molar-refractivity contribution is 5.81. The molecule has 1 N–H and O–H groups in total. The van der Waals surface area contributed by atoms with Crippen molar-refractivity contribution in [2.75, 3.05) is 13.2 Å². The van der Waals surface area contributed by atoms with Crippen molar-refractivity contribution in [3.05, 3.63) is 29.3 Å². The summed E-state index contributed by atoms with van der Waals surface area (Å²) in [6, 6.07) is 6.22. The molecule has 1 amide bonds. The fourth-order valence-corrected chi connectivity index (χ4v) is 3.24. The third kappa shape index (κ3) is 3.61. The lowest BCUT2D eigenvalue weighted by Crippen LogP contribution is -2.41. The summed E-state index contributed by atoms with van der Waals surface area (Å²) in [5.74, 6) is 0.762. The van der Waals surface area contributed by atoms with Crippen molar-refractivity contribution in [1.29, 1.82) is 0 Å². The standard InChI is InChI=1S/C18H25NO3/c1-2-17(18(20)19-12-16-7-4-10-21-16)22-15-9-8-13-5-3-6-14(13)11-15/h8-9,11,16-17H,2-7,10,12H2,1H3,(H,19,20)/t16-,17-/m0/s1. The lowest BCUT2D eigenvalue weighted by molar-refractivity contribution is -0.128. The van der Waals surface area contributed by atoms with Crippen LogP contribution in [-0.2, 0) is 22.4 Å². The maximum atomic E-state index is 12.3. The molecule has 1 heterocycles. The molecule has 4 nitrogen and oxygen atoms in total. The minimum Gasteiger partial charge on any atom is -0.481 e. The predicted molar refractivity (Wildman–Crippen MR) is 85.2 cm³/mol. The number of carbonyl (C=O) groups is 1. The highest BCUT2D eigenvalue weighted by atomic mass is 16.5. The summed E-state index contributed by atoms with van der Waals surface area (Å²) >= 11 is 0. The molecular weight excluding hydrogens is 278 g/mol. The Kier molecular flexibility index (Phi) is 4.98. The summed E-state index contributed by atoms with van der Waals surface area (Å²) < 4.78 is 11.4. The number of nitrogens with one attached hydrogen (secondary N) is 1. The van der Waals surface area contributed by atoms with E-state index in [1.165, 1.54) is 17.5 Å². The van der Waals surface area contributed by atoms with Gasteiger partial charge in [-0.25, -0.2) is 0 Å². The third-order valence-electron chi connectivity index (χ3n) is 4.54. The Bertz CT molecular complexity index is 523. The van der Waals surface area contributed by atoms with E-state index in [-0.39, 0.29) is 12.0 Å². The first-order valence-electron chi connectivity index (χ1n) is 8.44. The Morgan fingerprint density at radius 2 is 2.23 bits per heavy atom. The van der Waals surface area contributed by atoms with Gasteiger partial charge in [0.05, 0.1) is 6.10 Å². The molecule has 0 unspecified atom stereocenters. The first kappa shape index (κ1) is 15.3. The maximum Gasteiger partial charge on any atom is 0.261 e. The largest absolute Gasteiger partial charge is 0.481 e. The fourth-order valence-electron chi connectivity index (χ4n) is 3.24. The van der Waals surface area contributed by atoms with Gasteiger partial charge in [-0.3, -0.25) is 4.79 Å². The molecule has 120 valence electrons. The molecule has 0 aromatic heterocycles. The van der Waals surface area contributed by atoms with Crippen LogP contribution in [0.3, 0.4) is 0 Å². The van der Waals surface area contributed by atoms with E-state index in [9.17, 15) is 4.79 Å². The van der Waals surface area contributed by atoms with E-state index in [1.807, 2.05) is 13.0 Å². The van der Waals surface area contributed by atoms with E-state index >= 15 is 0 Å². The molecule has 1 saturated heterocycles. The molecule has 2 aliphatic rings. The number of amides is 1. The number of hydrogen-bond acceptors (Lipinski definition) is 3. The van der Waals surface area contributed by atoms with Crippen LogP contribution >= 0.6 is 0 Å². The third-order valence-corrected chi connectivity index (χ3v) is 4.54. The molecular formula is C18H25NO3. The van der Waals surface area contributed by atoms with Crippen molar-refractivity contribution in [1.82, 2.24) is 5.32 Å². The number of carbonyl (C=O) groups excluding carboxylic acids is 1. The van der Waals surface area contributed by atoms with Crippen LogP contribution in [0.2, 0.25) is 0 Å². The average Bonchev–Trinajstić information content (AvgIpc) is 3.20. The van der Waals surface area contributed by atoms with Crippen LogP contribution in [-0.4, -0.2) is 31.3 Å². The fraction of sp³-hybridized carbons (Fsp3) is 0.611. The number of hydrogen-bond donors (Lipinski definition) is 1. The molecule has 0 radical (unpaired) electrons. The first-order valence-corrected chi connectivity index (χ1v) is 8.44. The van der Waals surface area contributed by atoms with Gasteiger partial charge in [0.1, 0.15) is 5.75 Å². The van der Waals surface area contributed by atoms with Gasteiger partial charge >= 0.3 is 0 Å².